The third-order valence-electron chi connectivity index (χ3n) is 3.52. The molecule has 22 heavy (non-hydrogen) atoms. The molecule has 1 fully saturated rings. The maximum atomic E-state index is 12.0. The molecule has 0 spiro atoms. The SMILES string of the molecule is O=C(Nc1cccc(-c2cccs2)c1)NC1CCCNC1=O. The normalized spacial score (nSPS) is 17.6. The van der Waals surface area contributed by atoms with Gasteiger partial charge in [-0.3, -0.25) is 4.79 Å². The topological polar surface area (TPSA) is 70.2 Å². The Kier molecular flexibility index (Phi) is 4.39. The Morgan fingerprint density at radius 1 is 1.27 bits per heavy atom. The van der Waals surface area contributed by atoms with Gasteiger partial charge >= 0.3 is 6.03 Å². The second-order valence-electron chi connectivity index (χ2n) is 5.14. The summed E-state index contributed by atoms with van der Waals surface area (Å²) in [6.45, 7) is 0.682. The molecule has 1 aliphatic rings. The number of hydrogen-bond acceptors (Lipinski definition) is 3. The highest BCUT2D eigenvalue weighted by molar-refractivity contribution is 7.13. The second-order valence-corrected chi connectivity index (χ2v) is 6.09. The van der Waals surface area contributed by atoms with Crippen LogP contribution in [-0.2, 0) is 4.79 Å². The fraction of sp³-hybridized carbons (Fsp3) is 0.250. The Bertz CT molecular complexity index is 670. The van der Waals surface area contributed by atoms with Gasteiger partial charge in [0.25, 0.3) is 0 Å². The van der Waals surface area contributed by atoms with E-state index in [0.717, 1.165) is 16.9 Å². The minimum Gasteiger partial charge on any atom is -0.354 e. The first-order chi connectivity index (χ1) is 10.7. The van der Waals surface area contributed by atoms with Crippen molar-refractivity contribution >= 4 is 29.0 Å². The quantitative estimate of drug-likeness (QED) is 0.815. The number of hydrogen-bond donors (Lipinski definition) is 3. The van der Waals surface area contributed by atoms with Crippen LogP contribution < -0.4 is 16.0 Å². The van der Waals surface area contributed by atoms with Gasteiger partial charge in [0, 0.05) is 17.1 Å². The number of carbonyl (C=O) groups excluding carboxylic acids is 2. The van der Waals surface area contributed by atoms with Crippen molar-refractivity contribution in [1.82, 2.24) is 10.6 Å². The number of carbonyl (C=O) groups is 2. The largest absolute Gasteiger partial charge is 0.354 e. The van der Waals surface area contributed by atoms with Crippen molar-refractivity contribution in [2.45, 2.75) is 18.9 Å². The molecule has 5 nitrogen and oxygen atoms in total. The molecule has 114 valence electrons. The summed E-state index contributed by atoms with van der Waals surface area (Å²) < 4.78 is 0. The van der Waals surface area contributed by atoms with Gasteiger partial charge in [0.1, 0.15) is 6.04 Å². The number of piperidine rings is 1. The fourth-order valence-electron chi connectivity index (χ4n) is 2.43. The number of rotatable bonds is 3. The van der Waals surface area contributed by atoms with Crippen molar-refractivity contribution in [3.05, 3.63) is 41.8 Å². The molecule has 3 rings (SSSR count). The highest BCUT2D eigenvalue weighted by atomic mass is 32.1. The maximum absolute atomic E-state index is 12.0. The van der Waals surface area contributed by atoms with E-state index in [2.05, 4.69) is 16.0 Å². The fourth-order valence-corrected chi connectivity index (χ4v) is 3.15. The average Bonchev–Trinajstić information content (AvgIpc) is 3.04. The van der Waals surface area contributed by atoms with Gasteiger partial charge in [0.05, 0.1) is 0 Å². The van der Waals surface area contributed by atoms with Gasteiger partial charge < -0.3 is 16.0 Å². The van der Waals surface area contributed by atoms with Gasteiger partial charge in [-0.2, -0.15) is 0 Å². The van der Waals surface area contributed by atoms with E-state index in [1.165, 1.54) is 0 Å². The molecule has 1 aliphatic heterocycles. The molecular formula is C16H17N3O2S. The first-order valence-electron chi connectivity index (χ1n) is 7.21. The lowest BCUT2D eigenvalue weighted by atomic mass is 10.1. The molecule has 0 bridgehead atoms. The zero-order chi connectivity index (χ0) is 15.4. The predicted molar refractivity (Wildman–Crippen MR) is 87.9 cm³/mol. The molecular weight excluding hydrogens is 298 g/mol. The lowest BCUT2D eigenvalue weighted by Crippen LogP contribution is -2.51. The monoisotopic (exact) mass is 315 g/mol. The van der Waals surface area contributed by atoms with Gasteiger partial charge in [-0.25, -0.2) is 4.79 Å². The number of anilines is 1. The van der Waals surface area contributed by atoms with Crippen LogP contribution >= 0.6 is 11.3 Å². The minimum atomic E-state index is -0.450. The van der Waals surface area contributed by atoms with Crippen molar-refractivity contribution in [1.29, 1.82) is 0 Å². The molecule has 0 radical (unpaired) electrons. The molecule has 6 heteroatoms. The number of amides is 3. The summed E-state index contributed by atoms with van der Waals surface area (Å²) in [5, 5.41) is 10.3. The molecule has 2 aromatic rings. The molecule has 2 heterocycles. The summed E-state index contributed by atoms with van der Waals surface area (Å²) in [4.78, 5) is 24.8. The van der Waals surface area contributed by atoms with E-state index in [1.54, 1.807) is 11.3 Å². The Hall–Kier alpha value is -2.34. The van der Waals surface area contributed by atoms with Crippen molar-refractivity contribution in [3.63, 3.8) is 0 Å². The average molecular weight is 315 g/mol. The molecule has 1 saturated heterocycles. The van der Waals surface area contributed by atoms with E-state index in [1.807, 2.05) is 41.8 Å². The van der Waals surface area contributed by atoms with Crippen molar-refractivity contribution in [2.24, 2.45) is 0 Å². The summed E-state index contributed by atoms with van der Waals surface area (Å²) in [5.41, 5.74) is 1.77. The van der Waals surface area contributed by atoms with Gasteiger partial charge in [-0.15, -0.1) is 11.3 Å². The minimum absolute atomic E-state index is 0.117. The molecule has 0 aliphatic carbocycles. The third-order valence-corrected chi connectivity index (χ3v) is 4.44. The van der Waals surface area contributed by atoms with Crippen LogP contribution in [0.25, 0.3) is 10.4 Å². The third kappa shape index (κ3) is 3.46. The molecule has 1 unspecified atom stereocenters. The van der Waals surface area contributed by atoms with Crippen molar-refractivity contribution in [2.75, 3.05) is 11.9 Å². The van der Waals surface area contributed by atoms with Gasteiger partial charge in [0.2, 0.25) is 5.91 Å². The van der Waals surface area contributed by atoms with Crippen LogP contribution in [-0.4, -0.2) is 24.5 Å². The van der Waals surface area contributed by atoms with Crippen LogP contribution in [0.5, 0.6) is 0 Å². The van der Waals surface area contributed by atoms with E-state index >= 15 is 0 Å². The first-order valence-corrected chi connectivity index (χ1v) is 8.09. The first kappa shape index (κ1) is 14.6. The van der Waals surface area contributed by atoms with Gasteiger partial charge in [-0.05, 0) is 42.0 Å². The smallest absolute Gasteiger partial charge is 0.319 e. The summed E-state index contributed by atoms with van der Waals surface area (Å²) >= 11 is 1.65. The van der Waals surface area contributed by atoms with Gasteiger partial charge in [0.15, 0.2) is 0 Å². The van der Waals surface area contributed by atoms with Crippen LogP contribution in [0.3, 0.4) is 0 Å². The van der Waals surface area contributed by atoms with E-state index in [0.29, 0.717) is 18.7 Å². The Balaban J connectivity index is 1.64. The van der Waals surface area contributed by atoms with Crippen LogP contribution in [0, 0.1) is 0 Å². The number of benzene rings is 1. The Labute approximate surface area is 132 Å². The van der Waals surface area contributed by atoms with Crippen LogP contribution in [0.2, 0.25) is 0 Å². The zero-order valence-electron chi connectivity index (χ0n) is 12.0. The maximum Gasteiger partial charge on any atom is 0.319 e. The van der Waals surface area contributed by atoms with Crippen LogP contribution in [0.15, 0.2) is 41.8 Å². The molecule has 3 N–H and O–H groups in total. The Morgan fingerprint density at radius 2 is 2.18 bits per heavy atom. The lowest BCUT2D eigenvalue weighted by Gasteiger charge is -2.22. The molecule has 3 amide bonds. The Morgan fingerprint density at radius 3 is 2.95 bits per heavy atom. The standard InChI is InChI=1S/C16H17N3O2S/c20-15-13(6-2-8-17-15)19-16(21)18-12-5-1-4-11(10-12)14-7-3-9-22-14/h1,3-5,7,9-10,13H,2,6,8H2,(H,17,20)(H2,18,19,21). The number of urea groups is 1. The summed E-state index contributed by atoms with van der Waals surface area (Å²) in [7, 11) is 0. The molecule has 1 aromatic heterocycles. The van der Waals surface area contributed by atoms with Crippen molar-refractivity contribution in [3.8, 4) is 10.4 Å². The summed E-state index contributed by atoms with van der Waals surface area (Å²) in [5.74, 6) is -0.117. The van der Waals surface area contributed by atoms with E-state index in [-0.39, 0.29) is 11.9 Å². The zero-order valence-corrected chi connectivity index (χ0v) is 12.8. The molecule has 1 atom stereocenters. The van der Waals surface area contributed by atoms with Crippen LogP contribution in [0.1, 0.15) is 12.8 Å². The predicted octanol–water partition coefficient (Wildman–Crippen LogP) is 2.82. The highest BCUT2D eigenvalue weighted by Gasteiger charge is 2.23. The van der Waals surface area contributed by atoms with Gasteiger partial charge in [-0.1, -0.05) is 18.2 Å². The highest BCUT2D eigenvalue weighted by Crippen LogP contribution is 2.26. The van der Waals surface area contributed by atoms with Crippen molar-refractivity contribution < 1.29 is 9.59 Å². The molecule has 0 saturated carbocycles. The number of nitrogens with one attached hydrogen (secondary N) is 3. The van der Waals surface area contributed by atoms with E-state index in [9.17, 15) is 9.59 Å². The van der Waals surface area contributed by atoms with E-state index < -0.39 is 6.04 Å². The van der Waals surface area contributed by atoms with Crippen LogP contribution in [0.4, 0.5) is 10.5 Å². The molecule has 1 aromatic carbocycles. The summed E-state index contributed by atoms with van der Waals surface area (Å²) in [6, 6.07) is 10.9. The lowest BCUT2D eigenvalue weighted by molar-refractivity contribution is -0.124. The number of thiophene rings is 1. The van der Waals surface area contributed by atoms with E-state index in [4.69, 9.17) is 0 Å². The summed E-state index contributed by atoms with van der Waals surface area (Å²) in [6.07, 6.45) is 1.55. The second kappa shape index (κ2) is 6.62.